The molecule has 3 rings (SSSR count). The molecule has 7 nitrogen and oxygen atoms in total. The van der Waals surface area contributed by atoms with Crippen molar-refractivity contribution in [2.75, 3.05) is 18.1 Å². The third-order valence-electron chi connectivity index (χ3n) is 4.91. The van der Waals surface area contributed by atoms with Crippen LogP contribution in [0.3, 0.4) is 0 Å². The zero-order chi connectivity index (χ0) is 21.2. The molecule has 0 radical (unpaired) electrons. The molecule has 2 heterocycles. The molecule has 0 atom stereocenters. The molecule has 0 saturated heterocycles. The first-order chi connectivity index (χ1) is 13.6. The quantitative estimate of drug-likeness (QED) is 0.783. The van der Waals surface area contributed by atoms with Crippen molar-refractivity contribution in [1.29, 1.82) is 5.26 Å². The molecule has 2 aromatic rings. The lowest BCUT2D eigenvalue weighted by Crippen LogP contribution is -2.19. The van der Waals surface area contributed by atoms with E-state index in [-0.39, 0.29) is 16.5 Å². The van der Waals surface area contributed by atoms with Crippen molar-refractivity contribution in [3.63, 3.8) is 0 Å². The first kappa shape index (κ1) is 21.1. The van der Waals surface area contributed by atoms with Gasteiger partial charge in [0.25, 0.3) is 0 Å². The molecule has 0 amide bonds. The number of nitrogens with one attached hydrogen (secondary N) is 1. The Balaban J connectivity index is 2.02. The number of alkyl halides is 3. The molecule has 0 aromatic carbocycles. The second kappa shape index (κ2) is 8.02. The average Bonchev–Trinajstić information content (AvgIpc) is 3.05. The SMILES string of the molecule is CS(=O)(=O)c1ccc(-n2nc(C(F)(F)F)c(C#N)c2NCC2CCCCC2)nc1. The number of nitrogens with zero attached hydrogens (tertiary/aromatic N) is 4. The van der Waals surface area contributed by atoms with Crippen LogP contribution >= 0.6 is 0 Å². The maximum Gasteiger partial charge on any atom is 0.436 e. The fourth-order valence-corrected chi connectivity index (χ4v) is 3.96. The molecular formula is C18H20F3N5O2S. The molecular weight excluding hydrogens is 407 g/mol. The predicted octanol–water partition coefficient (Wildman–Crippen LogP) is 3.55. The van der Waals surface area contributed by atoms with Gasteiger partial charge in [-0.2, -0.15) is 28.2 Å². The van der Waals surface area contributed by atoms with Crippen LogP contribution < -0.4 is 5.32 Å². The van der Waals surface area contributed by atoms with Crippen LogP contribution in [-0.2, 0) is 16.0 Å². The minimum absolute atomic E-state index is 0.0180. The van der Waals surface area contributed by atoms with Crippen molar-refractivity contribution in [2.24, 2.45) is 5.92 Å². The molecule has 29 heavy (non-hydrogen) atoms. The summed E-state index contributed by atoms with van der Waals surface area (Å²) in [4.78, 5) is 3.88. The second-order valence-corrected chi connectivity index (χ2v) is 9.12. The highest BCUT2D eigenvalue weighted by Crippen LogP contribution is 2.35. The summed E-state index contributed by atoms with van der Waals surface area (Å²) >= 11 is 0. The maximum absolute atomic E-state index is 13.4. The Kier molecular flexibility index (Phi) is 5.84. The summed E-state index contributed by atoms with van der Waals surface area (Å²) in [6.45, 7) is 0.416. The van der Waals surface area contributed by atoms with Crippen molar-refractivity contribution in [3.8, 4) is 11.9 Å². The number of hydrogen-bond donors (Lipinski definition) is 1. The van der Waals surface area contributed by atoms with Crippen molar-refractivity contribution in [3.05, 3.63) is 29.6 Å². The summed E-state index contributed by atoms with van der Waals surface area (Å²) in [7, 11) is -3.51. The normalized spacial score (nSPS) is 15.8. The van der Waals surface area contributed by atoms with Crippen molar-refractivity contribution >= 4 is 15.7 Å². The van der Waals surface area contributed by atoms with E-state index in [1.807, 2.05) is 0 Å². The third-order valence-corrected chi connectivity index (χ3v) is 6.01. The van der Waals surface area contributed by atoms with Gasteiger partial charge in [0.15, 0.2) is 21.3 Å². The Bertz CT molecular complexity index is 1020. The molecule has 1 saturated carbocycles. The lowest BCUT2D eigenvalue weighted by molar-refractivity contribution is -0.141. The van der Waals surface area contributed by atoms with Gasteiger partial charge >= 0.3 is 6.18 Å². The smallest absolute Gasteiger partial charge is 0.369 e. The monoisotopic (exact) mass is 427 g/mol. The molecule has 1 fully saturated rings. The van der Waals surface area contributed by atoms with Crippen LogP contribution in [0.5, 0.6) is 0 Å². The van der Waals surface area contributed by atoms with Gasteiger partial charge in [-0.1, -0.05) is 19.3 Å². The van der Waals surface area contributed by atoms with Crippen LogP contribution in [0.25, 0.3) is 5.82 Å². The molecule has 1 aliphatic carbocycles. The van der Waals surface area contributed by atoms with Gasteiger partial charge in [0.2, 0.25) is 0 Å². The average molecular weight is 427 g/mol. The number of hydrogen-bond acceptors (Lipinski definition) is 6. The van der Waals surface area contributed by atoms with Crippen LogP contribution in [0.1, 0.15) is 43.4 Å². The molecule has 2 aromatic heterocycles. The van der Waals surface area contributed by atoms with Crippen molar-refractivity contribution < 1.29 is 21.6 Å². The van der Waals surface area contributed by atoms with E-state index >= 15 is 0 Å². The second-order valence-electron chi connectivity index (χ2n) is 7.10. The van der Waals surface area contributed by atoms with Crippen LogP contribution in [0, 0.1) is 17.2 Å². The minimum Gasteiger partial charge on any atom is -0.369 e. The van der Waals surface area contributed by atoms with Gasteiger partial charge in [-0.3, -0.25) is 0 Å². The number of rotatable bonds is 5. The van der Waals surface area contributed by atoms with Crippen molar-refractivity contribution in [1.82, 2.24) is 14.8 Å². The van der Waals surface area contributed by atoms with E-state index in [0.29, 0.717) is 12.5 Å². The lowest BCUT2D eigenvalue weighted by Gasteiger charge is -2.22. The van der Waals surface area contributed by atoms with E-state index in [9.17, 15) is 26.9 Å². The Hall–Kier alpha value is -2.61. The summed E-state index contributed by atoms with van der Waals surface area (Å²) in [5.41, 5.74) is -1.91. The first-order valence-electron chi connectivity index (χ1n) is 9.12. The predicted molar refractivity (Wildman–Crippen MR) is 99.3 cm³/mol. The minimum atomic E-state index is -4.82. The zero-order valence-corrected chi connectivity index (χ0v) is 16.5. The van der Waals surface area contributed by atoms with E-state index in [1.165, 1.54) is 12.1 Å². The van der Waals surface area contributed by atoms with E-state index in [2.05, 4.69) is 15.4 Å². The summed E-state index contributed by atoms with van der Waals surface area (Å²) in [5.74, 6) is 0.189. The third kappa shape index (κ3) is 4.70. The van der Waals surface area contributed by atoms with Gasteiger partial charge in [-0.25, -0.2) is 13.4 Å². The molecule has 156 valence electrons. The molecule has 0 unspecified atom stereocenters. The number of pyridine rings is 1. The van der Waals surface area contributed by atoms with Crippen LogP contribution in [0.4, 0.5) is 19.0 Å². The Morgan fingerprint density at radius 2 is 1.97 bits per heavy atom. The fraction of sp³-hybridized carbons (Fsp3) is 0.500. The molecule has 0 bridgehead atoms. The molecule has 0 aliphatic heterocycles. The highest BCUT2D eigenvalue weighted by Gasteiger charge is 2.40. The van der Waals surface area contributed by atoms with Gasteiger partial charge in [-0.05, 0) is 30.9 Å². The topological polar surface area (TPSA) is 101 Å². The fourth-order valence-electron chi connectivity index (χ4n) is 3.40. The van der Waals surface area contributed by atoms with E-state index in [1.54, 1.807) is 6.07 Å². The number of anilines is 1. The lowest BCUT2D eigenvalue weighted by atomic mass is 9.89. The Morgan fingerprint density at radius 1 is 1.28 bits per heavy atom. The zero-order valence-electron chi connectivity index (χ0n) is 15.7. The molecule has 11 heteroatoms. The van der Waals surface area contributed by atoms with Crippen LogP contribution in [0.2, 0.25) is 0 Å². The van der Waals surface area contributed by atoms with Gasteiger partial charge < -0.3 is 5.32 Å². The molecule has 1 N–H and O–H groups in total. The number of aromatic nitrogens is 3. The highest BCUT2D eigenvalue weighted by atomic mass is 32.2. The molecule has 0 spiro atoms. The maximum atomic E-state index is 13.4. The summed E-state index contributed by atoms with van der Waals surface area (Å²) in [5, 5.41) is 15.9. The number of nitriles is 1. The van der Waals surface area contributed by atoms with Gasteiger partial charge in [0, 0.05) is 19.0 Å². The van der Waals surface area contributed by atoms with Crippen LogP contribution in [-0.4, -0.2) is 36.0 Å². The highest BCUT2D eigenvalue weighted by molar-refractivity contribution is 7.90. The van der Waals surface area contributed by atoms with Gasteiger partial charge in [0.05, 0.1) is 4.90 Å². The Labute approximate surface area is 166 Å². The summed E-state index contributed by atoms with van der Waals surface area (Å²) in [6.07, 6.45) is 2.46. The van der Waals surface area contributed by atoms with E-state index in [0.717, 1.165) is 49.2 Å². The summed E-state index contributed by atoms with van der Waals surface area (Å²) in [6, 6.07) is 4.09. The van der Waals surface area contributed by atoms with Crippen molar-refractivity contribution in [2.45, 2.75) is 43.2 Å². The largest absolute Gasteiger partial charge is 0.436 e. The van der Waals surface area contributed by atoms with E-state index < -0.39 is 27.3 Å². The standard InChI is InChI=1S/C18H20F3N5O2S/c1-29(27,28)13-7-8-15(23-11-13)26-17(24-10-12-5-3-2-4-6-12)14(9-22)16(25-26)18(19,20)21/h7-8,11-12,24H,2-6,10H2,1H3. The number of sulfone groups is 1. The van der Waals surface area contributed by atoms with E-state index in [4.69, 9.17) is 0 Å². The first-order valence-corrected chi connectivity index (χ1v) is 11.0. The Morgan fingerprint density at radius 3 is 2.48 bits per heavy atom. The van der Waals surface area contributed by atoms with Gasteiger partial charge in [0.1, 0.15) is 17.5 Å². The van der Waals surface area contributed by atoms with Gasteiger partial charge in [-0.15, -0.1) is 0 Å². The number of halogens is 3. The van der Waals surface area contributed by atoms with Crippen LogP contribution in [0.15, 0.2) is 23.2 Å². The summed E-state index contributed by atoms with van der Waals surface area (Å²) < 4.78 is 64.3. The molecule has 1 aliphatic rings.